The molecule has 24 heavy (non-hydrogen) atoms. The minimum atomic E-state index is -0.313. The van der Waals surface area contributed by atoms with Crippen LogP contribution in [0, 0.1) is 5.82 Å². The number of likely N-dealkylation sites (N-methyl/N-ethyl adjacent to an activating group) is 1. The van der Waals surface area contributed by atoms with Crippen LogP contribution in [0.15, 0.2) is 18.2 Å². The number of carbonyl (C=O) groups excluding carboxylic acids is 1. The van der Waals surface area contributed by atoms with Crippen LogP contribution in [0.4, 0.5) is 10.1 Å². The number of rotatable bonds is 3. The van der Waals surface area contributed by atoms with E-state index in [1.165, 1.54) is 6.07 Å². The van der Waals surface area contributed by atoms with Gasteiger partial charge in [0.2, 0.25) is 0 Å². The molecule has 1 atom stereocenters. The zero-order chi connectivity index (χ0) is 17.1. The van der Waals surface area contributed by atoms with Gasteiger partial charge in [-0.3, -0.25) is 4.79 Å². The van der Waals surface area contributed by atoms with Crippen molar-refractivity contribution >= 4 is 11.6 Å². The first-order chi connectivity index (χ1) is 11.6. The third-order valence-corrected chi connectivity index (χ3v) is 5.10. The van der Waals surface area contributed by atoms with Gasteiger partial charge in [-0.05, 0) is 37.6 Å². The minimum Gasteiger partial charge on any atom is -0.367 e. The molecule has 0 aliphatic carbocycles. The van der Waals surface area contributed by atoms with Crippen LogP contribution in [0.2, 0.25) is 0 Å². The van der Waals surface area contributed by atoms with Gasteiger partial charge in [0.05, 0.1) is 5.69 Å². The number of hydrogen-bond acceptors (Lipinski definition) is 4. The second-order valence-corrected chi connectivity index (χ2v) is 6.74. The van der Waals surface area contributed by atoms with Gasteiger partial charge in [-0.2, -0.15) is 0 Å². The van der Waals surface area contributed by atoms with E-state index >= 15 is 0 Å². The number of benzene rings is 1. The molecule has 0 aromatic heterocycles. The summed E-state index contributed by atoms with van der Waals surface area (Å²) in [6.07, 6.45) is 1.86. The number of halogens is 1. The molecule has 0 radical (unpaired) electrons. The zero-order valence-electron chi connectivity index (χ0n) is 14.4. The lowest BCUT2D eigenvalue weighted by atomic mass is 10.0. The van der Waals surface area contributed by atoms with E-state index in [-0.39, 0.29) is 17.8 Å². The second-order valence-electron chi connectivity index (χ2n) is 6.74. The highest BCUT2D eigenvalue weighted by molar-refractivity contribution is 5.94. The van der Waals surface area contributed by atoms with Gasteiger partial charge < -0.3 is 20.4 Å². The molecule has 2 saturated heterocycles. The van der Waals surface area contributed by atoms with Gasteiger partial charge in [0.1, 0.15) is 5.82 Å². The Morgan fingerprint density at radius 2 is 2.00 bits per heavy atom. The molecule has 0 saturated carbocycles. The van der Waals surface area contributed by atoms with Crippen LogP contribution in [-0.2, 0) is 0 Å². The van der Waals surface area contributed by atoms with Gasteiger partial charge in [0, 0.05) is 50.9 Å². The molecule has 2 fully saturated rings. The molecule has 1 amide bonds. The lowest BCUT2D eigenvalue weighted by molar-refractivity contribution is 0.0708. The van der Waals surface area contributed by atoms with Crippen LogP contribution in [0.3, 0.4) is 0 Å². The smallest absolute Gasteiger partial charge is 0.254 e. The van der Waals surface area contributed by atoms with Crippen LogP contribution < -0.4 is 10.6 Å². The Bertz CT molecular complexity index is 586. The van der Waals surface area contributed by atoms with Crippen molar-refractivity contribution < 1.29 is 9.18 Å². The van der Waals surface area contributed by atoms with Crippen molar-refractivity contribution in [2.24, 2.45) is 5.73 Å². The SMILES string of the molecule is CCN1CCN(c2ccc(C(=O)N3CCCC(N)C3)cc2F)CC1. The van der Waals surface area contributed by atoms with E-state index in [0.29, 0.717) is 24.3 Å². The van der Waals surface area contributed by atoms with E-state index in [9.17, 15) is 9.18 Å². The van der Waals surface area contributed by atoms with Crippen molar-refractivity contribution in [1.82, 2.24) is 9.80 Å². The lowest BCUT2D eigenvalue weighted by Crippen LogP contribution is -2.46. The van der Waals surface area contributed by atoms with Crippen molar-refractivity contribution in [1.29, 1.82) is 0 Å². The molecule has 0 spiro atoms. The van der Waals surface area contributed by atoms with E-state index in [0.717, 1.165) is 45.6 Å². The summed E-state index contributed by atoms with van der Waals surface area (Å²) in [5.74, 6) is -0.432. The summed E-state index contributed by atoms with van der Waals surface area (Å²) in [4.78, 5) is 18.7. The number of anilines is 1. The summed E-state index contributed by atoms with van der Waals surface area (Å²) >= 11 is 0. The fourth-order valence-electron chi connectivity index (χ4n) is 3.58. The van der Waals surface area contributed by atoms with Crippen LogP contribution in [0.25, 0.3) is 0 Å². The maximum atomic E-state index is 14.6. The first-order valence-electron chi connectivity index (χ1n) is 8.90. The molecule has 6 heteroatoms. The van der Waals surface area contributed by atoms with E-state index in [1.807, 2.05) is 0 Å². The van der Waals surface area contributed by atoms with Crippen molar-refractivity contribution in [2.45, 2.75) is 25.8 Å². The second kappa shape index (κ2) is 7.49. The number of likely N-dealkylation sites (tertiary alicyclic amines) is 1. The molecule has 2 heterocycles. The standard InChI is InChI=1S/C18H27FN4O/c1-2-21-8-10-22(11-9-21)17-6-5-14(12-16(17)19)18(24)23-7-3-4-15(20)13-23/h5-6,12,15H,2-4,7-11,13,20H2,1H3. The first-order valence-corrected chi connectivity index (χ1v) is 8.90. The number of piperazine rings is 1. The zero-order valence-corrected chi connectivity index (χ0v) is 14.4. The van der Waals surface area contributed by atoms with Gasteiger partial charge in [-0.15, -0.1) is 0 Å². The maximum Gasteiger partial charge on any atom is 0.254 e. The normalized spacial score (nSPS) is 22.7. The third-order valence-electron chi connectivity index (χ3n) is 5.10. The average Bonchev–Trinajstić information content (AvgIpc) is 2.61. The predicted octanol–water partition coefficient (Wildman–Crippen LogP) is 1.53. The molecule has 5 nitrogen and oxygen atoms in total. The fourth-order valence-corrected chi connectivity index (χ4v) is 3.58. The van der Waals surface area contributed by atoms with Crippen LogP contribution in [-0.4, -0.2) is 67.6 Å². The van der Waals surface area contributed by atoms with Crippen molar-refractivity contribution in [3.05, 3.63) is 29.6 Å². The van der Waals surface area contributed by atoms with E-state index < -0.39 is 0 Å². The largest absolute Gasteiger partial charge is 0.367 e. The molecule has 1 unspecified atom stereocenters. The Morgan fingerprint density at radius 3 is 2.62 bits per heavy atom. The highest BCUT2D eigenvalue weighted by atomic mass is 19.1. The molecule has 0 bridgehead atoms. The van der Waals surface area contributed by atoms with Crippen LogP contribution >= 0.6 is 0 Å². The van der Waals surface area contributed by atoms with Gasteiger partial charge in [-0.25, -0.2) is 4.39 Å². The Morgan fingerprint density at radius 1 is 1.25 bits per heavy atom. The van der Waals surface area contributed by atoms with Crippen molar-refractivity contribution in [3.8, 4) is 0 Å². The van der Waals surface area contributed by atoms with Crippen LogP contribution in [0.1, 0.15) is 30.1 Å². The number of nitrogens with zero attached hydrogens (tertiary/aromatic N) is 3. The van der Waals surface area contributed by atoms with Crippen molar-refractivity contribution in [2.75, 3.05) is 50.7 Å². The molecule has 3 rings (SSSR count). The highest BCUT2D eigenvalue weighted by Crippen LogP contribution is 2.23. The molecular weight excluding hydrogens is 307 g/mol. The maximum absolute atomic E-state index is 14.6. The average molecular weight is 334 g/mol. The summed E-state index contributed by atoms with van der Waals surface area (Å²) < 4.78 is 14.6. The van der Waals surface area contributed by atoms with Crippen LogP contribution in [0.5, 0.6) is 0 Å². The third kappa shape index (κ3) is 3.70. The molecule has 1 aromatic carbocycles. The number of nitrogens with two attached hydrogens (primary N) is 1. The quantitative estimate of drug-likeness (QED) is 0.911. The highest BCUT2D eigenvalue weighted by Gasteiger charge is 2.24. The Labute approximate surface area is 143 Å². The monoisotopic (exact) mass is 334 g/mol. The molecular formula is C18H27FN4O. The molecule has 2 N–H and O–H groups in total. The molecule has 1 aromatic rings. The summed E-state index contributed by atoms with van der Waals surface area (Å²) in [6, 6.07) is 4.90. The van der Waals surface area contributed by atoms with E-state index in [1.54, 1.807) is 17.0 Å². The number of carbonyl (C=O) groups is 1. The first kappa shape index (κ1) is 17.2. The Hall–Kier alpha value is -1.66. The van der Waals surface area contributed by atoms with Crippen molar-refractivity contribution in [3.63, 3.8) is 0 Å². The molecule has 132 valence electrons. The van der Waals surface area contributed by atoms with E-state index in [4.69, 9.17) is 5.73 Å². The fraction of sp³-hybridized carbons (Fsp3) is 0.611. The Kier molecular flexibility index (Phi) is 5.36. The lowest BCUT2D eigenvalue weighted by Gasteiger charge is -2.35. The summed E-state index contributed by atoms with van der Waals surface area (Å²) in [7, 11) is 0. The van der Waals surface area contributed by atoms with Gasteiger partial charge in [-0.1, -0.05) is 6.92 Å². The molecule has 2 aliphatic rings. The topological polar surface area (TPSA) is 52.8 Å². The number of hydrogen-bond donors (Lipinski definition) is 1. The Balaban J connectivity index is 1.69. The predicted molar refractivity (Wildman–Crippen MR) is 93.8 cm³/mol. The summed E-state index contributed by atoms with van der Waals surface area (Å²) in [5, 5.41) is 0. The number of amides is 1. The minimum absolute atomic E-state index is 0.0293. The number of piperidine rings is 1. The van der Waals surface area contributed by atoms with Gasteiger partial charge in [0.15, 0.2) is 0 Å². The summed E-state index contributed by atoms with van der Waals surface area (Å²) in [6.45, 7) is 7.96. The van der Waals surface area contributed by atoms with Gasteiger partial charge >= 0.3 is 0 Å². The summed E-state index contributed by atoms with van der Waals surface area (Å²) in [5.41, 5.74) is 6.95. The van der Waals surface area contributed by atoms with E-state index in [2.05, 4.69) is 16.7 Å². The van der Waals surface area contributed by atoms with Gasteiger partial charge in [0.25, 0.3) is 5.91 Å². The molecule has 2 aliphatic heterocycles.